The summed E-state index contributed by atoms with van der Waals surface area (Å²) in [6, 6.07) is 12.8. The molecule has 0 N–H and O–H groups in total. The third kappa shape index (κ3) is 4.41. The van der Waals surface area contributed by atoms with Crippen LogP contribution in [-0.2, 0) is 17.9 Å². The molecule has 3 aromatic rings. The molecule has 0 aliphatic carbocycles. The quantitative estimate of drug-likeness (QED) is 0.507. The van der Waals surface area contributed by atoms with E-state index in [0.29, 0.717) is 47.7 Å². The molecule has 0 radical (unpaired) electrons. The van der Waals surface area contributed by atoms with Crippen LogP contribution in [0.15, 0.2) is 59.3 Å². The van der Waals surface area contributed by atoms with Crippen LogP contribution in [0.1, 0.15) is 44.8 Å². The van der Waals surface area contributed by atoms with Gasteiger partial charge >= 0.3 is 0 Å². The molecule has 2 aromatic carbocycles. The maximum Gasteiger partial charge on any atom is 0.263 e. The van der Waals surface area contributed by atoms with Gasteiger partial charge in [-0.1, -0.05) is 23.4 Å². The van der Waals surface area contributed by atoms with Gasteiger partial charge in [0.05, 0.1) is 35.8 Å². The maximum absolute atomic E-state index is 13.6. The number of anilines is 1. The molecule has 0 bridgehead atoms. The minimum absolute atomic E-state index is 0.000380. The molecule has 3 heterocycles. The van der Waals surface area contributed by atoms with Gasteiger partial charge in [-0.2, -0.15) is 0 Å². The highest BCUT2D eigenvalue weighted by atomic mass is 19.1. The molecule has 0 unspecified atom stereocenters. The van der Waals surface area contributed by atoms with Gasteiger partial charge in [0.25, 0.3) is 11.8 Å². The normalized spacial score (nSPS) is 17.6. The highest BCUT2D eigenvalue weighted by molar-refractivity contribution is 6.23. The number of rotatable bonds is 6. The Hall–Kier alpha value is -4.01. The number of hydrogen-bond donors (Lipinski definition) is 0. The van der Waals surface area contributed by atoms with Crippen molar-refractivity contribution >= 4 is 23.4 Å². The van der Waals surface area contributed by atoms with Gasteiger partial charge in [0.2, 0.25) is 5.91 Å². The predicted molar refractivity (Wildman–Crippen MR) is 125 cm³/mol. The standard InChI is InChI=1S/C26H25FN4O4/c1-29(16-20-10-12-35-28-20)24(32)18-6-4-11-30(15-18)22-9-3-8-21-23(22)26(34)31(25(21)33)14-17-5-2-7-19(27)13-17/h2-3,5,7-10,12-13,18H,4,6,11,14-16H2,1H3/t18-/m1/s1. The van der Waals surface area contributed by atoms with Crippen molar-refractivity contribution in [3.8, 4) is 0 Å². The van der Waals surface area contributed by atoms with Gasteiger partial charge in [-0.15, -0.1) is 0 Å². The van der Waals surface area contributed by atoms with Crippen LogP contribution in [-0.4, -0.2) is 52.8 Å². The van der Waals surface area contributed by atoms with Gasteiger partial charge in [0, 0.05) is 26.2 Å². The van der Waals surface area contributed by atoms with Crippen LogP contribution in [0.5, 0.6) is 0 Å². The molecule has 1 fully saturated rings. The first-order valence-corrected chi connectivity index (χ1v) is 11.5. The maximum atomic E-state index is 13.6. The summed E-state index contributed by atoms with van der Waals surface area (Å²) in [7, 11) is 1.74. The fraction of sp³-hybridized carbons (Fsp3) is 0.308. The van der Waals surface area contributed by atoms with Crippen molar-refractivity contribution in [2.75, 3.05) is 25.0 Å². The number of nitrogens with zero attached hydrogens (tertiary/aromatic N) is 4. The van der Waals surface area contributed by atoms with E-state index in [1.54, 1.807) is 42.3 Å². The van der Waals surface area contributed by atoms with E-state index in [4.69, 9.17) is 4.52 Å². The Morgan fingerprint density at radius 3 is 2.77 bits per heavy atom. The molecule has 8 nitrogen and oxygen atoms in total. The summed E-state index contributed by atoms with van der Waals surface area (Å²) in [4.78, 5) is 44.3. The lowest BCUT2D eigenvalue weighted by atomic mass is 9.95. The van der Waals surface area contributed by atoms with E-state index in [2.05, 4.69) is 5.16 Å². The van der Waals surface area contributed by atoms with Crippen molar-refractivity contribution in [3.05, 3.63) is 83.0 Å². The van der Waals surface area contributed by atoms with Crippen LogP contribution in [0.3, 0.4) is 0 Å². The number of imide groups is 1. The van der Waals surface area contributed by atoms with E-state index in [1.807, 2.05) is 11.0 Å². The fourth-order valence-corrected chi connectivity index (χ4v) is 4.89. The Labute approximate surface area is 201 Å². The molecular formula is C26H25FN4O4. The Bertz CT molecular complexity index is 1280. The van der Waals surface area contributed by atoms with Crippen molar-refractivity contribution in [3.63, 3.8) is 0 Å². The number of carbonyl (C=O) groups is 3. The smallest absolute Gasteiger partial charge is 0.263 e. The minimum atomic E-state index is -0.419. The summed E-state index contributed by atoms with van der Waals surface area (Å²) in [5, 5.41) is 3.87. The van der Waals surface area contributed by atoms with Gasteiger partial charge < -0.3 is 14.3 Å². The van der Waals surface area contributed by atoms with Crippen LogP contribution < -0.4 is 4.90 Å². The second kappa shape index (κ2) is 9.32. The Balaban J connectivity index is 1.35. The predicted octanol–water partition coefficient (Wildman–Crippen LogP) is 3.48. The number of carbonyl (C=O) groups excluding carboxylic acids is 3. The van der Waals surface area contributed by atoms with Crippen LogP contribution >= 0.6 is 0 Å². The van der Waals surface area contributed by atoms with E-state index in [-0.39, 0.29) is 18.4 Å². The number of piperidine rings is 1. The number of hydrogen-bond acceptors (Lipinski definition) is 6. The number of aromatic nitrogens is 1. The topological polar surface area (TPSA) is 87.0 Å². The van der Waals surface area contributed by atoms with Crippen molar-refractivity contribution in [2.24, 2.45) is 5.92 Å². The first kappa shape index (κ1) is 22.8. The molecule has 1 saturated heterocycles. The van der Waals surface area contributed by atoms with Gasteiger partial charge in [0.15, 0.2) is 0 Å². The fourth-order valence-electron chi connectivity index (χ4n) is 4.89. The molecule has 1 atom stereocenters. The third-order valence-corrected chi connectivity index (χ3v) is 6.58. The summed E-state index contributed by atoms with van der Waals surface area (Å²) in [6.07, 6.45) is 3.00. The monoisotopic (exact) mass is 476 g/mol. The highest BCUT2D eigenvalue weighted by Gasteiger charge is 2.39. The van der Waals surface area contributed by atoms with Gasteiger partial charge in [-0.3, -0.25) is 19.3 Å². The van der Waals surface area contributed by atoms with Crippen LogP contribution in [0.2, 0.25) is 0 Å². The molecule has 1 aromatic heterocycles. The van der Waals surface area contributed by atoms with Crippen LogP contribution in [0.4, 0.5) is 10.1 Å². The SMILES string of the molecule is CN(Cc1ccon1)C(=O)[C@@H]1CCCN(c2cccc3c2C(=O)N(Cc2cccc(F)c2)C3=O)C1. The summed E-state index contributed by atoms with van der Waals surface area (Å²) in [5.74, 6) is -1.46. The van der Waals surface area contributed by atoms with Crippen LogP contribution in [0, 0.1) is 11.7 Å². The molecule has 2 aliphatic rings. The number of halogens is 1. The van der Waals surface area contributed by atoms with E-state index in [1.165, 1.54) is 18.4 Å². The Morgan fingerprint density at radius 1 is 1.17 bits per heavy atom. The molecule has 0 spiro atoms. The van der Waals surface area contributed by atoms with Crippen molar-refractivity contribution in [1.29, 1.82) is 0 Å². The van der Waals surface area contributed by atoms with E-state index < -0.39 is 17.6 Å². The van der Waals surface area contributed by atoms with Gasteiger partial charge in [-0.05, 0) is 42.7 Å². The third-order valence-electron chi connectivity index (χ3n) is 6.58. The summed E-state index contributed by atoms with van der Waals surface area (Å²) < 4.78 is 18.5. The van der Waals surface area contributed by atoms with Crippen LogP contribution in [0.25, 0.3) is 0 Å². The zero-order chi connectivity index (χ0) is 24.5. The molecular weight excluding hydrogens is 451 g/mol. The molecule has 180 valence electrons. The Kier molecular flexibility index (Phi) is 6.07. The van der Waals surface area contributed by atoms with E-state index in [9.17, 15) is 18.8 Å². The zero-order valence-corrected chi connectivity index (χ0v) is 19.3. The number of fused-ring (bicyclic) bond motifs is 1. The van der Waals surface area contributed by atoms with Crippen molar-refractivity contribution < 1.29 is 23.3 Å². The summed E-state index contributed by atoms with van der Waals surface area (Å²) in [6.45, 7) is 1.48. The summed E-state index contributed by atoms with van der Waals surface area (Å²) in [5.41, 5.74) is 2.55. The highest BCUT2D eigenvalue weighted by Crippen LogP contribution is 2.35. The average molecular weight is 477 g/mol. The van der Waals surface area contributed by atoms with Gasteiger partial charge in [0.1, 0.15) is 17.8 Å². The molecule has 35 heavy (non-hydrogen) atoms. The first-order valence-electron chi connectivity index (χ1n) is 11.5. The molecule has 5 rings (SSSR count). The largest absolute Gasteiger partial charge is 0.370 e. The Morgan fingerprint density at radius 2 is 2.00 bits per heavy atom. The molecule has 0 saturated carbocycles. The van der Waals surface area contributed by atoms with Crippen molar-refractivity contribution in [2.45, 2.75) is 25.9 Å². The lowest BCUT2D eigenvalue weighted by Gasteiger charge is -2.36. The molecule has 9 heteroatoms. The zero-order valence-electron chi connectivity index (χ0n) is 19.3. The minimum Gasteiger partial charge on any atom is -0.370 e. The van der Waals surface area contributed by atoms with Gasteiger partial charge in [-0.25, -0.2) is 4.39 Å². The lowest BCUT2D eigenvalue weighted by molar-refractivity contribution is -0.135. The van der Waals surface area contributed by atoms with E-state index in [0.717, 1.165) is 17.7 Å². The second-order valence-corrected chi connectivity index (χ2v) is 9.00. The van der Waals surface area contributed by atoms with Crippen molar-refractivity contribution in [1.82, 2.24) is 15.0 Å². The number of amides is 3. The molecule has 2 aliphatic heterocycles. The second-order valence-electron chi connectivity index (χ2n) is 9.00. The average Bonchev–Trinajstić information content (AvgIpc) is 3.46. The van der Waals surface area contributed by atoms with E-state index >= 15 is 0 Å². The first-order chi connectivity index (χ1) is 16.9. The summed E-state index contributed by atoms with van der Waals surface area (Å²) >= 11 is 0. The molecule has 3 amide bonds. The lowest BCUT2D eigenvalue weighted by Crippen LogP contribution is -2.44. The number of benzene rings is 2.